The minimum Gasteiger partial charge on any atom is -0.487 e. The van der Waals surface area contributed by atoms with E-state index in [0.717, 1.165) is 18.5 Å². The van der Waals surface area contributed by atoms with Crippen molar-refractivity contribution in [2.45, 2.75) is 32.7 Å². The minimum atomic E-state index is -0.455. The van der Waals surface area contributed by atoms with Gasteiger partial charge in [-0.2, -0.15) is 5.26 Å². The largest absolute Gasteiger partial charge is 0.487 e. The molecule has 20 heavy (non-hydrogen) atoms. The van der Waals surface area contributed by atoms with Gasteiger partial charge in [0.25, 0.3) is 0 Å². The highest BCUT2D eigenvalue weighted by atomic mass is 16.6. The second-order valence-electron chi connectivity index (χ2n) is 4.35. The SMILES string of the molecule is CCCNCc1ccc([N+](=O)[O-])c(OCCCC#N)c1. The quantitative estimate of drug-likeness (QED) is 0.426. The van der Waals surface area contributed by atoms with Crippen LogP contribution < -0.4 is 10.1 Å². The summed E-state index contributed by atoms with van der Waals surface area (Å²) in [5.41, 5.74) is 0.903. The fraction of sp³-hybridized carbons (Fsp3) is 0.500. The van der Waals surface area contributed by atoms with Gasteiger partial charge in [-0.25, -0.2) is 0 Å². The standard InChI is InChI=1S/C14H19N3O3/c1-2-8-16-11-12-5-6-13(17(18)19)14(10-12)20-9-4-3-7-15/h5-6,10,16H,2-4,8-9,11H2,1H3. The molecular formula is C14H19N3O3. The van der Waals surface area contributed by atoms with Crippen molar-refractivity contribution in [1.82, 2.24) is 5.32 Å². The van der Waals surface area contributed by atoms with Crippen LogP contribution in [-0.4, -0.2) is 18.1 Å². The zero-order chi connectivity index (χ0) is 14.8. The highest BCUT2D eigenvalue weighted by Crippen LogP contribution is 2.28. The fourth-order valence-electron chi connectivity index (χ4n) is 1.68. The molecule has 0 bridgehead atoms. The van der Waals surface area contributed by atoms with Gasteiger partial charge in [0.1, 0.15) is 0 Å². The van der Waals surface area contributed by atoms with Crippen LogP contribution in [0.25, 0.3) is 0 Å². The average Bonchev–Trinajstić information content (AvgIpc) is 2.44. The van der Waals surface area contributed by atoms with E-state index in [2.05, 4.69) is 12.2 Å². The molecular weight excluding hydrogens is 258 g/mol. The number of nitro groups is 1. The number of hydrogen-bond donors (Lipinski definition) is 1. The lowest BCUT2D eigenvalue weighted by Gasteiger charge is -2.09. The fourth-order valence-corrected chi connectivity index (χ4v) is 1.68. The average molecular weight is 277 g/mol. The molecule has 0 radical (unpaired) electrons. The summed E-state index contributed by atoms with van der Waals surface area (Å²) in [6.07, 6.45) is 1.97. The van der Waals surface area contributed by atoms with Crippen LogP contribution in [0, 0.1) is 21.4 Å². The number of nitrogens with one attached hydrogen (secondary N) is 1. The van der Waals surface area contributed by atoms with Gasteiger partial charge in [-0.3, -0.25) is 10.1 Å². The maximum absolute atomic E-state index is 10.9. The summed E-state index contributed by atoms with van der Waals surface area (Å²) in [5.74, 6) is 0.267. The molecule has 0 aliphatic rings. The summed E-state index contributed by atoms with van der Waals surface area (Å²) in [6, 6.07) is 6.89. The van der Waals surface area contributed by atoms with Crippen LogP contribution in [0.2, 0.25) is 0 Å². The molecule has 108 valence electrons. The molecule has 1 N–H and O–H groups in total. The molecule has 0 aromatic heterocycles. The van der Waals surface area contributed by atoms with E-state index in [1.165, 1.54) is 6.07 Å². The molecule has 0 amide bonds. The zero-order valence-electron chi connectivity index (χ0n) is 11.6. The van der Waals surface area contributed by atoms with Crippen LogP contribution in [0.15, 0.2) is 18.2 Å². The maximum atomic E-state index is 10.9. The smallest absolute Gasteiger partial charge is 0.310 e. The molecule has 1 aromatic carbocycles. The first-order valence-electron chi connectivity index (χ1n) is 6.66. The van der Waals surface area contributed by atoms with Crippen LogP contribution in [0.3, 0.4) is 0 Å². The number of ether oxygens (including phenoxy) is 1. The maximum Gasteiger partial charge on any atom is 0.310 e. The predicted octanol–water partition coefficient (Wildman–Crippen LogP) is 2.78. The molecule has 0 heterocycles. The first-order valence-corrected chi connectivity index (χ1v) is 6.66. The number of rotatable bonds is 9. The van der Waals surface area contributed by atoms with Crippen LogP contribution in [0.5, 0.6) is 5.75 Å². The normalized spacial score (nSPS) is 10.0. The van der Waals surface area contributed by atoms with E-state index in [4.69, 9.17) is 10.00 Å². The van der Waals surface area contributed by atoms with Crippen molar-refractivity contribution >= 4 is 5.69 Å². The number of unbranched alkanes of at least 4 members (excludes halogenated alkanes) is 1. The van der Waals surface area contributed by atoms with Crippen LogP contribution in [-0.2, 0) is 6.54 Å². The van der Waals surface area contributed by atoms with Crippen LogP contribution in [0.4, 0.5) is 5.69 Å². The third-order valence-electron chi connectivity index (χ3n) is 2.67. The van der Waals surface area contributed by atoms with E-state index in [1.807, 2.05) is 6.07 Å². The number of nitrogens with zero attached hydrogens (tertiary/aromatic N) is 2. The minimum absolute atomic E-state index is 0.0406. The third-order valence-corrected chi connectivity index (χ3v) is 2.67. The second kappa shape index (κ2) is 8.88. The van der Waals surface area contributed by atoms with E-state index < -0.39 is 4.92 Å². The van der Waals surface area contributed by atoms with Gasteiger partial charge >= 0.3 is 5.69 Å². The van der Waals surface area contributed by atoms with Crippen molar-refractivity contribution in [3.63, 3.8) is 0 Å². The molecule has 0 atom stereocenters. The summed E-state index contributed by atoms with van der Waals surface area (Å²) in [7, 11) is 0. The molecule has 0 aliphatic carbocycles. The Balaban J connectivity index is 2.72. The lowest BCUT2D eigenvalue weighted by Crippen LogP contribution is -2.14. The summed E-state index contributed by atoms with van der Waals surface area (Å²) in [6.45, 7) is 3.93. The second-order valence-corrected chi connectivity index (χ2v) is 4.35. The van der Waals surface area contributed by atoms with Gasteiger partial charge in [-0.1, -0.05) is 13.0 Å². The van der Waals surface area contributed by atoms with Crippen molar-refractivity contribution in [3.8, 4) is 11.8 Å². The topological polar surface area (TPSA) is 88.2 Å². The predicted molar refractivity (Wildman–Crippen MR) is 75.4 cm³/mol. The van der Waals surface area contributed by atoms with Gasteiger partial charge in [0.05, 0.1) is 17.6 Å². The first-order chi connectivity index (χ1) is 9.69. The van der Waals surface area contributed by atoms with Crippen molar-refractivity contribution < 1.29 is 9.66 Å². The summed E-state index contributed by atoms with van der Waals surface area (Å²) in [5, 5.41) is 22.6. The Bertz CT molecular complexity index is 483. The molecule has 1 rings (SSSR count). The van der Waals surface area contributed by atoms with E-state index in [9.17, 15) is 10.1 Å². The molecule has 0 saturated carbocycles. The van der Waals surface area contributed by atoms with Crippen molar-refractivity contribution in [3.05, 3.63) is 33.9 Å². The molecule has 0 saturated heterocycles. The Morgan fingerprint density at radius 1 is 1.50 bits per heavy atom. The molecule has 1 aromatic rings. The Kier molecular flexibility index (Phi) is 7.07. The summed E-state index contributed by atoms with van der Waals surface area (Å²) in [4.78, 5) is 10.5. The zero-order valence-corrected chi connectivity index (χ0v) is 11.6. The van der Waals surface area contributed by atoms with Gasteiger partial charge in [-0.05, 0) is 31.0 Å². The third kappa shape index (κ3) is 5.24. The van der Waals surface area contributed by atoms with Gasteiger partial charge in [0.2, 0.25) is 0 Å². The van der Waals surface area contributed by atoms with Crippen LogP contribution >= 0.6 is 0 Å². The Labute approximate surface area is 118 Å². The molecule has 6 nitrogen and oxygen atoms in total. The number of benzene rings is 1. The Hall–Kier alpha value is -2.13. The first kappa shape index (κ1) is 15.9. The Morgan fingerprint density at radius 2 is 2.30 bits per heavy atom. The highest BCUT2D eigenvalue weighted by molar-refractivity contribution is 5.48. The van der Waals surface area contributed by atoms with E-state index in [-0.39, 0.29) is 11.4 Å². The number of nitro benzene ring substituents is 1. The van der Waals surface area contributed by atoms with Crippen LogP contribution in [0.1, 0.15) is 31.7 Å². The monoisotopic (exact) mass is 277 g/mol. The summed E-state index contributed by atoms with van der Waals surface area (Å²) < 4.78 is 5.43. The van der Waals surface area contributed by atoms with Gasteiger partial charge in [0.15, 0.2) is 5.75 Å². The van der Waals surface area contributed by atoms with E-state index in [1.54, 1.807) is 12.1 Å². The van der Waals surface area contributed by atoms with Gasteiger partial charge < -0.3 is 10.1 Å². The van der Waals surface area contributed by atoms with Crippen molar-refractivity contribution in [2.24, 2.45) is 0 Å². The molecule has 0 fully saturated rings. The lowest BCUT2D eigenvalue weighted by molar-refractivity contribution is -0.385. The van der Waals surface area contributed by atoms with E-state index in [0.29, 0.717) is 26.0 Å². The molecule has 6 heteroatoms. The summed E-state index contributed by atoms with van der Waals surface area (Å²) >= 11 is 0. The van der Waals surface area contributed by atoms with Crippen molar-refractivity contribution in [1.29, 1.82) is 5.26 Å². The number of nitriles is 1. The Morgan fingerprint density at radius 3 is 2.95 bits per heavy atom. The van der Waals surface area contributed by atoms with Gasteiger partial charge in [0, 0.05) is 19.0 Å². The molecule has 0 aliphatic heterocycles. The van der Waals surface area contributed by atoms with Crippen molar-refractivity contribution in [2.75, 3.05) is 13.2 Å². The van der Waals surface area contributed by atoms with Gasteiger partial charge in [-0.15, -0.1) is 0 Å². The lowest BCUT2D eigenvalue weighted by atomic mass is 10.2. The highest BCUT2D eigenvalue weighted by Gasteiger charge is 2.15. The number of hydrogen-bond acceptors (Lipinski definition) is 5. The van der Waals surface area contributed by atoms with E-state index >= 15 is 0 Å². The molecule has 0 spiro atoms. The molecule has 0 unspecified atom stereocenters.